The fourth-order valence-electron chi connectivity index (χ4n) is 2.59. The molecule has 0 atom stereocenters. The SMILES string of the molecule is Cc1ccc(C2C([O-])C(c3ccc(C)s3)C2[O-])s1. The molecule has 0 N–H and O–H groups in total. The van der Waals surface area contributed by atoms with Crippen LogP contribution in [-0.4, -0.2) is 12.2 Å². The Morgan fingerprint density at radius 2 is 1.17 bits per heavy atom. The third kappa shape index (κ3) is 1.84. The average molecular weight is 278 g/mol. The van der Waals surface area contributed by atoms with Crippen LogP contribution >= 0.6 is 22.7 Å². The topological polar surface area (TPSA) is 46.1 Å². The highest BCUT2D eigenvalue weighted by Crippen LogP contribution is 2.48. The van der Waals surface area contributed by atoms with E-state index in [1.807, 2.05) is 38.1 Å². The van der Waals surface area contributed by atoms with Crippen molar-refractivity contribution in [3.63, 3.8) is 0 Å². The van der Waals surface area contributed by atoms with Crippen molar-refractivity contribution in [2.24, 2.45) is 0 Å². The van der Waals surface area contributed by atoms with Crippen LogP contribution in [0.25, 0.3) is 0 Å². The number of hydrogen-bond acceptors (Lipinski definition) is 4. The van der Waals surface area contributed by atoms with E-state index in [1.54, 1.807) is 22.7 Å². The van der Waals surface area contributed by atoms with E-state index in [-0.39, 0.29) is 11.8 Å². The predicted molar refractivity (Wildman–Crippen MR) is 71.2 cm³/mol. The molecule has 2 aromatic heterocycles. The quantitative estimate of drug-likeness (QED) is 0.840. The maximum Gasteiger partial charge on any atom is 0.00580 e. The highest BCUT2D eigenvalue weighted by atomic mass is 32.1. The van der Waals surface area contributed by atoms with Crippen LogP contribution in [0.5, 0.6) is 0 Å². The zero-order chi connectivity index (χ0) is 12.9. The second-order valence-electron chi connectivity index (χ2n) is 4.88. The van der Waals surface area contributed by atoms with Crippen LogP contribution in [0, 0.1) is 13.8 Å². The lowest BCUT2D eigenvalue weighted by Crippen LogP contribution is -2.63. The van der Waals surface area contributed by atoms with Gasteiger partial charge in [0.15, 0.2) is 0 Å². The summed E-state index contributed by atoms with van der Waals surface area (Å²) in [6, 6.07) is 7.86. The lowest BCUT2D eigenvalue weighted by atomic mass is 9.67. The maximum absolute atomic E-state index is 12.3. The predicted octanol–water partition coefficient (Wildman–Crippen LogP) is 1.77. The van der Waals surface area contributed by atoms with E-state index in [1.165, 1.54) is 9.75 Å². The van der Waals surface area contributed by atoms with Gasteiger partial charge in [-0.15, -0.1) is 34.9 Å². The van der Waals surface area contributed by atoms with E-state index < -0.39 is 12.2 Å². The Bertz CT molecular complexity index is 499. The minimum Gasteiger partial charge on any atom is -0.851 e. The molecule has 1 aliphatic rings. The molecule has 0 spiro atoms. The van der Waals surface area contributed by atoms with Crippen molar-refractivity contribution in [2.75, 3.05) is 0 Å². The Labute approximate surface area is 115 Å². The minimum atomic E-state index is -0.774. The summed E-state index contributed by atoms with van der Waals surface area (Å²) in [5.74, 6) is -0.674. The zero-order valence-corrected chi connectivity index (χ0v) is 11.9. The summed E-state index contributed by atoms with van der Waals surface area (Å²) >= 11 is 3.17. The number of rotatable bonds is 2. The van der Waals surface area contributed by atoms with Crippen molar-refractivity contribution in [3.05, 3.63) is 43.8 Å². The zero-order valence-electron chi connectivity index (χ0n) is 10.3. The van der Waals surface area contributed by atoms with Gasteiger partial charge >= 0.3 is 0 Å². The first-order valence-electron chi connectivity index (χ1n) is 6.02. The summed E-state index contributed by atoms with van der Waals surface area (Å²) < 4.78 is 0. The Morgan fingerprint density at radius 1 is 0.778 bits per heavy atom. The third-order valence-electron chi connectivity index (χ3n) is 3.60. The van der Waals surface area contributed by atoms with Gasteiger partial charge in [0.1, 0.15) is 0 Å². The molecule has 1 aliphatic carbocycles. The van der Waals surface area contributed by atoms with Gasteiger partial charge in [-0.25, -0.2) is 0 Å². The standard InChI is InChI=1S/C14H14O2S2/c1-7-3-5-9(17-7)11-13(15)12(14(11)16)10-6-4-8(2)18-10/h3-6,11-14H,1-2H3/q-2. The van der Waals surface area contributed by atoms with Gasteiger partial charge in [0, 0.05) is 19.5 Å². The molecule has 0 saturated heterocycles. The van der Waals surface area contributed by atoms with Gasteiger partial charge in [0.25, 0.3) is 0 Å². The first-order valence-corrected chi connectivity index (χ1v) is 7.65. The Morgan fingerprint density at radius 3 is 1.44 bits per heavy atom. The molecule has 1 fully saturated rings. The van der Waals surface area contributed by atoms with Gasteiger partial charge in [0.2, 0.25) is 0 Å². The summed E-state index contributed by atoms with van der Waals surface area (Å²) in [7, 11) is 0. The Hall–Kier alpha value is -0.680. The Balaban J connectivity index is 1.83. The minimum absolute atomic E-state index is 0.337. The molecule has 2 nitrogen and oxygen atoms in total. The van der Waals surface area contributed by atoms with Gasteiger partial charge in [-0.1, -0.05) is 0 Å². The molecule has 2 heterocycles. The lowest BCUT2D eigenvalue weighted by molar-refractivity contribution is -0.535. The summed E-state index contributed by atoms with van der Waals surface area (Å²) in [6.07, 6.45) is -1.55. The third-order valence-corrected chi connectivity index (χ3v) is 5.80. The van der Waals surface area contributed by atoms with E-state index in [0.717, 1.165) is 9.75 Å². The van der Waals surface area contributed by atoms with Crippen LogP contribution in [-0.2, 0) is 0 Å². The average Bonchev–Trinajstić information content (AvgIpc) is 2.89. The molecule has 1 saturated carbocycles. The van der Waals surface area contributed by atoms with Crippen LogP contribution in [0.2, 0.25) is 0 Å². The molecule has 0 aliphatic heterocycles. The molecular formula is C14H14O2S2-2. The molecule has 3 rings (SSSR count). The number of aryl methyl sites for hydroxylation is 2. The monoisotopic (exact) mass is 278 g/mol. The first-order chi connectivity index (χ1) is 8.58. The van der Waals surface area contributed by atoms with Crippen molar-refractivity contribution in [1.29, 1.82) is 0 Å². The van der Waals surface area contributed by atoms with Gasteiger partial charge in [-0.2, -0.15) is 0 Å². The lowest BCUT2D eigenvalue weighted by Gasteiger charge is -2.60. The summed E-state index contributed by atoms with van der Waals surface area (Å²) in [6.45, 7) is 4.01. The molecule has 4 heteroatoms. The van der Waals surface area contributed by atoms with Gasteiger partial charge < -0.3 is 10.2 Å². The summed E-state index contributed by atoms with van der Waals surface area (Å²) in [4.78, 5) is 4.27. The second kappa shape index (κ2) is 4.46. The van der Waals surface area contributed by atoms with Crippen molar-refractivity contribution in [1.82, 2.24) is 0 Å². The maximum atomic E-state index is 12.3. The Kier molecular flexibility index (Phi) is 3.06. The van der Waals surface area contributed by atoms with E-state index in [0.29, 0.717) is 0 Å². The number of hydrogen-bond donors (Lipinski definition) is 0. The van der Waals surface area contributed by atoms with Crippen LogP contribution in [0.4, 0.5) is 0 Å². The van der Waals surface area contributed by atoms with E-state index >= 15 is 0 Å². The second-order valence-corrected chi connectivity index (χ2v) is 7.52. The van der Waals surface area contributed by atoms with Crippen molar-refractivity contribution >= 4 is 22.7 Å². The smallest absolute Gasteiger partial charge is 0.00580 e. The highest BCUT2D eigenvalue weighted by molar-refractivity contribution is 7.12. The molecular weight excluding hydrogens is 264 g/mol. The van der Waals surface area contributed by atoms with Crippen LogP contribution < -0.4 is 10.2 Å². The van der Waals surface area contributed by atoms with Gasteiger partial charge in [-0.3, -0.25) is 0 Å². The van der Waals surface area contributed by atoms with E-state index in [9.17, 15) is 10.2 Å². The van der Waals surface area contributed by atoms with Gasteiger partial charge in [0.05, 0.1) is 0 Å². The molecule has 0 unspecified atom stereocenters. The molecule has 0 radical (unpaired) electrons. The van der Waals surface area contributed by atoms with Crippen molar-refractivity contribution < 1.29 is 10.2 Å². The molecule has 0 bridgehead atoms. The van der Waals surface area contributed by atoms with Gasteiger partial charge in [-0.05, 0) is 49.9 Å². The molecule has 96 valence electrons. The van der Waals surface area contributed by atoms with E-state index in [4.69, 9.17) is 0 Å². The number of thiophene rings is 2. The van der Waals surface area contributed by atoms with Crippen LogP contribution in [0.3, 0.4) is 0 Å². The van der Waals surface area contributed by atoms with E-state index in [2.05, 4.69) is 0 Å². The largest absolute Gasteiger partial charge is 0.851 e. The fraction of sp³-hybridized carbons (Fsp3) is 0.429. The fourth-order valence-corrected chi connectivity index (χ4v) is 4.68. The van der Waals surface area contributed by atoms with Crippen molar-refractivity contribution in [2.45, 2.75) is 37.9 Å². The van der Waals surface area contributed by atoms with Crippen LogP contribution in [0.1, 0.15) is 31.3 Å². The van der Waals surface area contributed by atoms with Crippen molar-refractivity contribution in [3.8, 4) is 0 Å². The van der Waals surface area contributed by atoms with Crippen LogP contribution in [0.15, 0.2) is 24.3 Å². The normalized spacial score (nSPS) is 31.3. The molecule has 0 aromatic carbocycles. The molecule has 0 amide bonds. The summed E-state index contributed by atoms with van der Waals surface area (Å²) in [5.41, 5.74) is 0. The summed E-state index contributed by atoms with van der Waals surface area (Å²) in [5, 5.41) is 24.6. The highest BCUT2D eigenvalue weighted by Gasteiger charge is 2.39. The molecule has 18 heavy (non-hydrogen) atoms. The first kappa shape index (κ1) is 12.4. The molecule has 2 aromatic rings.